The lowest BCUT2D eigenvalue weighted by Gasteiger charge is -2.22. The van der Waals surface area contributed by atoms with Gasteiger partial charge in [-0.05, 0) is 17.5 Å². The number of hydrogen-bond acceptors (Lipinski definition) is 2. The molecule has 2 nitrogen and oxygen atoms in total. The lowest BCUT2D eigenvalue weighted by molar-refractivity contribution is -0.109. The maximum absolute atomic E-state index is 10.7. The first-order chi connectivity index (χ1) is 5.92. The fourth-order valence-electron chi connectivity index (χ4n) is 1.66. The van der Waals surface area contributed by atoms with E-state index in [0.29, 0.717) is 0 Å². The maximum Gasteiger partial charge on any atom is 0.141 e. The average molecular weight is 161 g/mol. The number of benzene rings is 1. The lowest BCUT2D eigenvalue weighted by atomic mass is 9.95. The third-order valence-electron chi connectivity index (χ3n) is 2.28. The van der Waals surface area contributed by atoms with Gasteiger partial charge in [0, 0.05) is 6.54 Å². The standard InChI is InChI=1S/C10H11NO/c12-7-10-9-4-2-1-3-8(9)5-6-11-10/h1-4,7,10-11H,5-6H2. The summed E-state index contributed by atoms with van der Waals surface area (Å²) in [6, 6.07) is 8.01. The first kappa shape index (κ1) is 7.50. The Bertz CT molecular complexity index is 296. The van der Waals surface area contributed by atoms with E-state index in [1.54, 1.807) is 0 Å². The molecule has 0 radical (unpaired) electrons. The zero-order valence-corrected chi connectivity index (χ0v) is 6.79. The number of carbonyl (C=O) groups is 1. The van der Waals surface area contributed by atoms with Gasteiger partial charge in [-0.25, -0.2) is 0 Å². The molecule has 0 saturated carbocycles. The van der Waals surface area contributed by atoms with Gasteiger partial charge in [0.1, 0.15) is 6.29 Å². The summed E-state index contributed by atoms with van der Waals surface area (Å²) in [5, 5.41) is 3.16. The Labute approximate surface area is 71.6 Å². The van der Waals surface area contributed by atoms with Crippen LogP contribution in [0.4, 0.5) is 0 Å². The predicted octanol–water partition coefficient (Wildman–Crippen LogP) is 1.07. The molecule has 1 aromatic rings. The number of aldehydes is 1. The van der Waals surface area contributed by atoms with Crippen LogP contribution >= 0.6 is 0 Å². The molecule has 62 valence electrons. The Balaban J connectivity index is 2.43. The second-order valence-electron chi connectivity index (χ2n) is 3.02. The molecule has 1 aliphatic rings. The molecule has 2 rings (SSSR count). The zero-order chi connectivity index (χ0) is 8.39. The minimum absolute atomic E-state index is 0.0880. The average Bonchev–Trinajstić information content (AvgIpc) is 2.17. The quantitative estimate of drug-likeness (QED) is 0.624. The number of carbonyl (C=O) groups excluding carboxylic acids is 1. The van der Waals surface area contributed by atoms with E-state index in [1.165, 1.54) is 5.56 Å². The Morgan fingerprint density at radius 1 is 1.42 bits per heavy atom. The number of hydrogen-bond donors (Lipinski definition) is 1. The number of nitrogens with one attached hydrogen (secondary N) is 1. The minimum atomic E-state index is -0.0880. The Morgan fingerprint density at radius 3 is 3.08 bits per heavy atom. The molecular weight excluding hydrogens is 150 g/mol. The Morgan fingerprint density at radius 2 is 2.25 bits per heavy atom. The highest BCUT2D eigenvalue weighted by Crippen LogP contribution is 2.20. The summed E-state index contributed by atoms with van der Waals surface area (Å²) >= 11 is 0. The fourth-order valence-corrected chi connectivity index (χ4v) is 1.66. The van der Waals surface area contributed by atoms with Crippen LogP contribution in [0.2, 0.25) is 0 Å². The zero-order valence-electron chi connectivity index (χ0n) is 6.79. The fraction of sp³-hybridized carbons (Fsp3) is 0.300. The summed E-state index contributed by atoms with van der Waals surface area (Å²) in [4.78, 5) is 10.7. The molecular formula is C10H11NO. The van der Waals surface area contributed by atoms with Gasteiger partial charge in [-0.3, -0.25) is 0 Å². The highest BCUT2D eigenvalue weighted by Gasteiger charge is 2.17. The highest BCUT2D eigenvalue weighted by atomic mass is 16.1. The van der Waals surface area contributed by atoms with Gasteiger partial charge in [0.05, 0.1) is 6.04 Å². The largest absolute Gasteiger partial charge is 0.304 e. The van der Waals surface area contributed by atoms with Crippen molar-refractivity contribution in [3.8, 4) is 0 Å². The molecule has 12 heavy (non-hydrogen) atoms. The topological polar surface area (TPSA) is 29.1 Å². The SMILES string of the molecule is O=CC1NCCc2ccccc21. The molecule has 2 heteroatoms. The molecule has 1 N–H and O–H groups in total. The van der Waals surface area contributed by atoms with Crippen molar-refractivity contribution in [1.82, 2.24) is 5.32 Å². The van der Waals surface area contributed by atoms with Crippen molar-refractivity contribution in [3.05, 3.63) is 35.4 Å². The summed E-state index contributed by atoms with van der Waals surface area (Å²) < 4.78 is 0. The van der Waals surface area contributed by atoms with Gasteiger partial charge >= 0.3 is 0 Å². The van der Waals surface area contributed by atoms with Crippen LogP contribution in [0.15, 0.2) is 24.3 Å². The number of fused-ring (bicyclic) bond motifs is 1. The van der Waals surface area contributed by atoms with Gasteiger partial charge in [-0.1, -0.05) is 24.3 Å². The molecule has 0 aliphatic carbocycles. The van der Waals surface area contributed by atoms with Crippen LogP contribution in [0.25, 0.3) is 0 Å². The maximum atomic E-state index is 10.7. The first-order valence-electron chi connectivity index (χ1n) is 4.18. The van der Waals surface area contributed by atoms with E-state index in [0.717, 1.165) is 24.8 Å². The van der Waals surface area contributed by atoms with Crippen LogP contribution in [0.3, 0.4) is 0 Å². The van der Waals surface area contributed by atoms with Crippen LogP contribution in [-0.4, -0.2) is 12.8 Å². The molecule has 0 fully saturated rings. The second-order valence-corrected chi connectivity index (χ2v) is 3.02. The molecule has 0 bridgehead atoms. The van der Waals surface area contributed by atoms with Gasteiger partial charge < -0.3 is 10.1 Å². The van der Waals surface area contributed by atoms with Crippen LogP contribution in [0.5, 0.6) is 0 Å². The molecule has 0 amide bonds. The molecule has 0 saturated heterocycles. The molecule has 1 unspecified atom stereocenters. The number of rotatable bonds is 1. The Kier molecular flexibility index (Phi) is 1.92. The normalized spacial score (nSPS) is 21.5. The third kappa shape index (κ3) is 1.14. The van der Waals surface area contributed by atoms with Crippen LogP contribution in [-0.2, 0) is 11.2 Å². The van der Waals surface area contributed by atoms with Gasteiger partial charge in [-0.15, -0.1) is 0 Å². The smallest absolute Gasteiger partial charge is 0.141 e. The van der Waals surface area contributed by atoms with E-state index in [4.69, 9.17) is 0 Å². The minimum Gasteiger partial charge on any atom is -0.304 e. The van der Waals surface area contributed by atoms with E-state index in [-0.39, 0.29) is 6.04 Å². The third-order valence-corrected chi connectivity index (χ3v) is 2.28. The molecule has 0 aromatic heterocycles. The predicted molar refractivity (Wildman–Crippen MR) is 47.0 cm³/mol. The van der Waals surface area contributed by atoms with Crippen molar-refractivity contribution in [2.45, 2.75) is 12.5 Å². The molecule has 1 aromatic carbocycles. The lowest BCUT2D eigenvalue weighted by Crippen LogP contribution is -2.30. The van der Waals surface area contributed by atoms with Crippen LogP contribution in [0, 0.1) is 0 Å². The summed E-state index contributed by atoms with van der Waals surface area (Å²) in [5.74, 6) is 0. The highest BCUT2D eigenvalue weighted by molar-refractivity contribution is 5.63. The second kappa shape index (κ2) is 3.07. The van der Waals surface area contributed by atoms with Crippen molar-refractivity contribution < 1.29 is 4.79 Å². The Hall–Kier alpha value is -1.15. The van der Waals surface area contributed by atoms with Crippen molar-refractivity contribution in [3.63, 3.8) is 0 Å². The van der Waals surface area contributed by atoms with E-state index >= 15 is 0 Å². The van der Waals surface area contributed by atoms with Crippen molar-refractivity contribution in [2.75, 3.05) is 6.54 Å². The van der Waals surface area contributed by atoms with Gasteiger partial charge in [0.15, 0.2) is 0 Å². The van der Waals surface area contributed by atoms with E-state index in [1.807, 2.05) is 18.2 Å². The first-order valence-corrected chi connectivity index (χ1v) is 4.18. The van der Waals surface area contributed by atoms with Crippen molar-refractivity contribution in [1.29, 1.82) is 0 Å². The molecule has 1 atom stereocenters. The monoisotopic (exact) mass is 161 g/mol. The van der Waals surface area contributed by atoms with E-state index in [9.17, 15) is 4.79 Å². The molecule has 0 spiro atoms. The van der Waals surface area contributed by atoms with Crippen molar-refractivity contribution in [2.24, 2.45) is 0 Å². The van der Waals surface area contributed by atoms with Crippen LogP contribution in [0.1, 0.15) is 17.2 Å². The van der Waals surface area contributed by atoms with E-state index < -0.39 is 0 Å². The summed E-state index contributed by atoms with van der Waals surface area (Å²) in [6.45, 7) is 0.903. The van der Waals surface area contributed by atoms with Crippen LogP contribution < -0.4 is 5.32 Å². The summed E-state index contributed by atoms with van der Waals surface area (Å²) in [7, 11) is 0. The molecule has 1 heterocycles. The van der Waals surface area contributed by atoms with Gasteiger partial charge in [0.25, 0.3) is 0 Å². The molecule has 1 aliphatic heterocycles. The summed E-state index contributed by atoms with van der Waals surface area (Å²) in [6.07, 6.45) is 2.00. The van der Waals surface area contributed by atoms with Gasteiger partial charge in [0.2, 0.25) is 0 Å². The van der Waals surface area contributed by atoms with Gasteiger partial charge in [-0.2, -0.15) is 0 Å². The van der Waals surface area contributed by atoms with Crippen molar-refractivity contribution >= 4 is 6.29 Å². The van der Waals surface area contributed by atoms with E-state index in [2.05, 4.69) is 11.4 Å². The summed E-state index contributed by atoms with van der Waals surface area (Å²) in [5.41, 5.74) is 2.44.